The quantitative estimate of drug-likeness (QED) is 0.676. The van der Waals surface area contributed by atoms with E-state index in [2.05, 4.69) is 48.7 Å². The number of fused-ring (bicyclic) bond motifs is 2. The number of benzene rings is 1. The smallest absolute Gasteiger partial charge is 0.152 e. The summed E-state index contributed by atoms with van der Waals surface area (Å²) in [6.45, 7) is 4.85. The first kappa shape index (κ1) is 17.6. The van der Waals surface area contributed by atoms with E-state index in [9.17, 15) is 0 Å². The minimum Gasteiger partial charge on any atom is -0.347 e. The summed E-state index contributed by atoms with van der Waals surface area (Å²) in [5, 5.41) is 9.72. The molecule has 0 N–H and O–H groups in total. The summed E-state index contributed by atoms with van der Waals surface area (Å²) in [6.07, 6.45) is 5.76. The monoisotopic (exact) mass is 394 g/mol. The van der Waals surface area contributed by atoms with Crippen molar-refractivity contribution in [1.82, 2.24) is 24.7 Å². The highest BCUT2D eigenvalue weighted by molar-refractivity contribution is 6.30. The normalized spacial score (nSPS) is 18.2. The fraction of sp³-hybridized carbons (Fsp3) is 0.429. The van der Waals surface area contributed by atoms with Gasteiger partial charge in [0.05, 0.1) is 6.54 Å². The lowest BCUT2D eigenvalue weighted by molar-refractivity contribution is 0.536. The second-order valence-electron chi connectivity index (χ2n) is 7.73. The summed E-state index contributed by atoms with van der Waals surface area (Å²) in [7, 11) is 0. The first-order chi connectivity index (χ1) is 13.7. The van der Waals surface area contributed by atoms with Crippen molar-refractivity contribution in [3.05, 3.63) is 64.1 Å². The molecular weight excluding hydrogens is 372 g/mol. The molecule has 3 aromatic rings. The molecule has 1 aliphatic heterocycles. The van der Waals surface area contributed by atoms with Crippen LogP contribution in [0.25, 0.3) is 0 Å². The van der Waals surface area contributed by atoms with Gasteiger partial charge in [0.2, 0.25) is 0 Å². The van der Waals surface area contributed by atoms with Crippen LogP contribution in [0.2, 0.25) is 5.02 Å². The third-order valence-corrected chi connectivity index (χ3v) is 6.18. The molecule has 7 heteroatoms. The highest BCUT2D eigenvalue weighted by atomic mass is 35.5. The van der Waals surface area contributed by atoms with E-state index in [-0.39, 0.29) is 0 Å². The van der Waals surface area contributed by atoms with Gasteiger partial charge in [-0.05, 0) is 42.9 Å². The van der Waals surface area contributed by atoms with E-state index in [0.717, 1.165) is 61.4 Å². The molecule has 6 nitrogen and oxygen atoms in total. The zero-order valence-corrected chi connectivity index (χ0v) is 16.7. The molecule has 2 aromatic heterocycles. The van der Waals surface area contributed by atoms with Crippen LogP contribution in [0.3, 0.4) is 0 Å². The molecule has 0 bridgehead atoms. The van der Waals surface area contributed by atoms with E-state index in [1.807, 2.05) is 12.1 Å². The summed E-state index contributed by atoms with van der Waals surface area (Å²) in [5.74, 6) is 3.70. The Morgan fingerprint density at radius 1 is 1.07 bits per heavy atom. The van der Waals surface area contributed by atoms with Crippen molar-refractivity contribution < 1.29 is 0 Å². The van der Waals surface area contributed by atoms with Gasteiger partial charge in [0.25, 0.3) is 0 Å². The van der Waals surface area contributed by atoms with E-state index in [0.29, 0.717) is 5.92 Å². The van der Waals surface area contributed by atoms with Gasteiger partial charge in [0.1, 0.15) is 18.0 Å². The third-order valence-electron chi connectivity index (χ3n) is 5.93. The summed E-state index contributed by atoms with van der Waals surface area (Å²) in [4.78, 5) is 11.5. The van der Waals surface area contributed by atoms with Crippen LogP contribution in [0.1, 0.15) is 47.7 Å². The maximum Gasteiger partial charge on any atom is 0.152 e. The fourth-order valence-electron chi connectivity index (χ4n) is 4.37. The van der Waals surface area contributed by atoms with Gasteiger partial charge in [-0.25, -0.2) is 9.97 Å². The van der Waals surface area contributed by atoms with Crippen molar-refractivity contribution in [2.45, 2.75) is 51.6 Å². The first-order valence-corrected chi connectivity index (χ1v) is 10.3. The minimum atomic E-state index is 0.529. The number of nitrogens with zero attached hydrogens (tertiary/aromatic N) is 6. The third kappa shape index (κ3) is 3.15. The molecule has 5 rings (SSSR count). The van der Waals surface area contributed by atoms with Crippen LogP contribution in [-0.2, 0) is 32.4 Å². The summed E-state index contributed by atoms with van der Waals surface area (Å²) in [5.41, 5.74) is 3.82. The van der Waals surface area contributed by atoms with Crippen molar-refractivity contribution in [3.8, 4) is 0 Å². The largest absolute Gasteiger partial charge is 0.347 e. The maximum absolute atomic E-state index is 5.97. The Morgan fingerprint density at radius 2 is 1.93 bits per heavy atom. The van der Waals surface area contributed by atoms with Crippen LogP contribution in [0.5, 0.6) is 0 Å². The number of anilines is 1. The topological polar surface area (TPSA) is 59.7 Å². The molecule has 144 valence electrons. The average molecular weight is 395 g/mol. The van der Waals surface area contributed by atoms with Crippen LogP contribution in [-0.4, -0.2) is 31.3 Å². The predicted molar refractivity (Wildman–Crippen MR) is 109 cm³/mol. The van der Waals surface area contributed by atoms with Crippen molar-refractivity contribution in [3.63, 3.8) is 0 Å². The van der Waals surface area contributed by atoms with Gasteiger partial charge in [0.15, 0.2) is 5.82 Å². The second-order valence-corrected chi connectivity index (χ2v) is 8.17. The molecule has 1 aliphatic carbocycles. The minimum absolute atomic E-state index is 0.529. The zero-order valence-electron chi connectivity index (χ0n) is 16.0. The van der Waals surface area contributed by atoms with Gasteiger partial charge >= 0.3 is 0 Å². The molecule has 0 saturated heterocycles. The van der Waals surface area contributed by atoms with Crippen LogP contribution < -0.4 is 4.90 Å². The van der Waals surface area contributed by atoms with Gasteiger partial charge in [-0.3, -0.25) is 0 Å². The van der Waals surface area contributed by atoms with Gasteiger partial charge in [-0.2, -0.15) is 0 Å². The Labute approximate surface area is 169 Å². The van der Waals surface area contributed by atoms with Crippen LogP contribution >= 0.6 is 11.6 Å². The Kier molecular flexibility index (Phi) is 4.51. The van der Waals surface area contributed by atoms with E-state index in [4.69, 9.17) is 11.6 Å². The summed E-state index contributed by atoms with van der Waals surface area (Å²) < 4.78 is 2.28. The Bertz CT molecular complexity index is 997. The highest BCUT2D eigenvalue weighted by Gasteiger charge is 2.29. The summed E-state index contributed by atoms with van der Waals surface area (Å²) in [6, 6.07) is 8.03. The Morgan fingerprint density at radius 3 is 2.79 bits per heavy atom. The number of hydrogen-bond donors (Lipinski definition) is 0. The molecule has 1 unspecified atom stereocenters. The number of aromatic nitrogens is 5. The molecule has 0 saturated carbocycles. The molecular formula is C21H23ClN6. The number of rotatable bonds is 4. The lowest BCUT2D eigenvalue weighted by atomic mass is 10.1. The van der Waals surface area contributed by atoms with E-state index in [1.165, 1.54) is 23.2 Å². The predicted octanol–water partition coefficient (Wildman–Crippen LogP) is 3.58. The van der Waals surface area contributed by atoms with Gasteiger partial charge in [-0.1, -0.05) is 30.7 Å². The van der Waals surface area contributed by atoms with E-state index < -0.39 is 0 Å². The molecule has 1 atom stereocenters. The van der Waals surface area contributed by atoms with Crippen LogP contribution in [0.4, 0.5) is 5.82 Å². The van der Waals surface area contributed by atoms with E-state index in [1.54, 1.807) is 6.33 Å². The van der Waals surface area contributed by atoms with E-state index >= 15 is 0 Å². The summed E-state index contributed by atoms with van der Waals surface area (Å²) >= 11 is 5.97. The van der Waals surface area contributed by atoms with Crippen molar-refractivity contribution in [2.24, 2.45) is 0 Å². The molecule has 0 fully saturated rings. The lowest BCUT2D eigenvalue weighted by Gasteiger charge is -2.30. The molecule has 3 heterocycles. The molecule has 28 heavy (non-hydrogen) atoms. The highest BCUT2D eigenvalue weighted by Crippen LogP contribution is 2.37. The van der Waals surface area contributed by atoms with Crippen molar-refractivity contribution in [2.75, 3.05) is 11.4 Å². The van der Waals surface area contributed by atoms with Crippen molar-refractivity contribution in [1.29, 1.82) is 0 Å². The van der Waals surface area contributed by atoms with Gasteiger partial charge < -0.3 is 9.47 Å². The average Bonchev–Trinajstić information content (AvgIpc) is 3.31. The van der Waals surface area contributed by atoms with Crippen LogP contribution in [0, 0.1) is 0 Å². The van der Waals surface area contributed by atoms with Gasteiger partial charge in [-0.15, -0.1) is 10.2 Å². The number of aryl methyl sites for hydroxylation is 3. The first-order valence-electron chi connectivity index (χ1n) is 9.93. The molecule has 0 radical (unpaired) electrons. The number of hydrogen-bond acceptors (Lipinski definition) is 5. The Balaban J connectivity index is 1.33. The van der Waals surface area contributed by atoms with Gasteiger partial charge in [0, 0.05) is 35.8 Å². The number of halogens is 1. The maximum atomic E-state index is 5.97. The Hall–Kier alpha value is -2.47. The molecule has 2 aliphatic rings. The second kappa shape index (κ2) is 7.17. The molecule has 1 aromatic carbocycles. The van der Waals surface area contributed by atoms with Crippen LogP contribution in [0.15, 0.2) is 30.6 Å². The fourth-order valence-corrected chi connectivity index (χ4v) is 4.49. The van der Waals surface area contributed by atoms with Crippen molar-refractivity contribution >= 4 is 17.4 Å². The zero-order chi connectivity index (χ0) is 19.1. The standard InChI is InChI=1S/C21H23ClN6/c1-14-2-8-17-20(14)21(24-13-23-17)27-10-11-28-18(25-26-19(28)12-27)9-5-15-3-6-16(22)7-4-15/h3-4,6-7,13-14H,2,5,8-12H2,1H3. The molecule has 0 amide bonds. The lowest BCUT2D eigenvalue weighted by Crippen LogP contribution is -2.35. The SMILES string of the molecule is CC1CCc2ncnc(N3CCn4c(CCc5ccc(Cl)cc5)nnc4C3)c21. The molecule has 0 spiro atoms.